The number of benzene rings is 3. The van der Waals surface area contributed by atoms with Gasteiger partial charge in [0.25, 0.3) is 5.91 Å². The number of carbonyl (C=O) groups excluding carboxylic acids is 2. The normalized spacial score (nSPS) is 10.3. The molecular weight excluding hydrogens is 364 g/mol. The zero-order chi connectivity index (χ0) is 20.6. The van der Waals surface area contributed by atoms with Crippen LogP contribution in [-0.2, 0) is 17.6 Å². The predicted molar refractivity (Wildman–Crippen MR) is 115 cm³/mol. The molecule has 3 rings (SSSR count). The smallest absolute Gasteiger partial charge is 0.413 e. The van der Waals surface area contributed by atoms with E-state index in [9.17, 15) is 9.59 Å². The Morgan fingerprint density at radius 1 is 0.862 bits per heavy atom. The molecule has 0 aliphatic rings. The molecule has 1 N–H and O–H groups in total. The van der Waals surface area contributed by atoms with Gasteiger partial charge in [0.05, 0.1) is 7.11 Å². The van der Waals surface area contributed by atoms with Gasteiger partial charge in [-0.15, -0.1) is 0 Å². The number of nitrogens with one attached hydrogen (secondary N) is 1. The molecule has 0 aliphatic heterocycles. The fourth-order valence-electron chi connectivity index (χ4n) is 3.09. The molecule has 29 heavy (non-hydrogen) atoms. The summed E-state index contributed by atoms with van der Waals surface area (Å²) in [5.74, 6) is -0.150. The largest absolute Gasteiger partial charge is 0.452 e. The summed E-state index contributed by atoms with van der Waals surface area (Å²) in [6.45, 7) is 0. The summed E-state index contributed by atoms with van der Waals surface area (Å²) in [4.78, 5) is 25.8. The van der Waals surface area contributed by atoms with Gasteiger partial charge in [-0.25, -0.2) is 4.79 Å². The number of amides is 2. The minimum atomic E-state index is -0.450. The zero-order valence-corrected chi connectivity index (χ0v) is 16.6. The Kier molecular flexibility index (Phi) is 6.63. The van der Waals surface area contributed by atoms with E-state index in [1.54, 1.807) is 31.3 Å². The van der Waals surface area contributed by atoms with Gasteiger partial charge in [0.15, 0.2) is 0 Å². The first-order valence-electron chi connectivity index (χ1n) is 9.43. The van der Waals surface area contributed by atoms with Crippen LogP contribution in [0.1, 0.15) is 21.5 Å². The first kappa shape index (κ1) is 20.1. The number of anilines is 2. The second kappa shape index (κ2) is 9.55. The maximum absolute atomic E-state index is 12.8. The average Bonchev–Trinajstić information content (AvgIpc) is 2.78. The van der Waals surface area contributed by atoms with Gasteiger partial charge >= 0.3 is 6.09 Å². The monoisotopic (exact) mass is 388 g/mol. The van der Waals surface area contributed by atoms with Crippen LogP contribution in [0.4, 0.5) is 16.2 Å². The molecule has 148 valence electrons. The van der Waals surface area contributed by atoms with E-state index in [2.05, 4.69) is 17.4 Å². The number of methoxy groups -OCH3 is 1. The third kappa shape index (κ3) is 5.23. The quantitative estimate of drug-likeness (QED) is 0.652. The number of ether oxygens (including phenoxy) is 1. The van der Waals surface area contributed by atoms with Crippen LogP contribution in [0.5, 0.6) is 0 Å². The van der Waals surface area contributed by atoms with Crippen molar-refractivity contribution in [3.05, 3.63) is 95.6 Å². The third-order valence-corrected chi connectivity index (χ3v) is 4.75. The molecule has 0 aromatic heterocycles. The highest BCUT2D eigenvalue weighted by Gasteiger charge is 2.13. The molecule has 0 spiro atoms. The van der Waals surface area contributed by atoms with Crippen molar-refractivity contribution in [1.82, 2.24) is 0 Å². The van der Waals surface area contributed by atoms with E-state index >= 15 is 0 Å². The molecule has 0 heterocycles. The second-order valence-corrected chi connectivity index (χ2v) is 6.67. The Morgan fingerprint density at radius 3 is 2.21 bits per heavy atom. The van der Waals surface area contributed by atoms with Crippen LogP contribution in [0.25, 0.3) is 0 Å². The number of carbonyl (C=O) groups is 2. The SMILES string of the molecule is COC(=O)N(C)c1ccc(NC(=O)c2ccccc2CCc2ccccc2)cc1. The van der Waals surface area contributed by atoms with Gasteiger partial charge < -0.3 is 10.1 Å². The molecule has 0 radical (unpaired) electrons. The molecule has 0 bridgehead atoms. The highest BCUT2D eigenvalue weighted by atomic mass is 16.5. The van der Waals surface area contributed by atoms with Crippen molar-refractivity contribution in [3.63, 3.8) is 0 Å². The van der Waals surface area contributed by atoms with Crippen LogP contribution >= 0.6 is 0 Å². The van der Waals surface area contributed by atoms with E-state index in [-0.39, 0.29) is 5.91 Å². The summed E-state index contributed by atoms with van der Waals surface area (Å²) in [6.07, 6.45) is 1.21. The molecule has 2 amide bonds. The Bertz CT molecular complexity index is 969. The molecule has 5 nitrogen and oxygen atoms in total. The Hall–Kier alpha value is -3.60. The van der Waals surface area contributed by atoms with E-state index in [0.29, 0.717) is 16.9 Å². The van der Waals surface area contributed by atoms with E-state index in [0.717, 1.165) is 18.4 Å². The van der Waals surface area contributed by atoms with Gasteiger partial charge in [-0.2, -0.15) is 0 Å². The van der Waals surface area contributed by atoms with Gasteiger partial charge in [0.2, 0.25) is 0 Å². The van der Waals surface area contributed by atoms with Gasteiger partial charge in [-0.1, -0.05) is 48.5 Å². The highest BCUT2D eigenvalue weighted by Crippen LogP contribution is 2.19. The molecule has 0 atom stereocenters. The molecule has 5 heteroatoms. The number of hydrogen-bond acceptors (Lipinski definition) is 3. The zero-order valence-electron chi connectivity index (χ0n) is 16.6. The fraction of sp³-hybridized carbons (Fsp3) is 0.167. The lowest BCUT2D eigenvalue weighted by atomic mass is 9.99. The van der Waals surface area contributed by atoms with E-state index in [4.69, 9.17) is 4.74 Å². The second-order valence-electron chi connectivity index (χ2n) is 6.67. The van der Waals surface area contributed by atoms with Crippen molar-refractivity contribution in [2.24, 2.45) is 0 Å². The summed E-state index contributed by atoms with van der Waals surface area (Å²) >= 11 is 0. The van der Waals surface area contributed by atoms with Crippen molar-refractivity contribution in [2.75, 3.05) is 24.4 Å². The van der Waals surface area contributed by atoms with E-state index < -0.39 is 6.09 Å². The van der Waals surface area contributed by atoms with Gasteiger partial charge in [-0.3, -0.25) is 9.69 Å². The molecule has 0 saturated carbocycles. The summed E-state index contributed by atoms with van der Waals surface area (Å²) in [5.41, 5.74) is 4.26. The topological polar surface area (TPSA) is 58.6 Å². The van der Waals surface area contributed by atoms with Crippen molar-refractivity contribution < 1.29 is 14.3 Å². The summed E-state index contributed by atoms with van der Waals surface area (Å²) in [7, 11) is 2.96. The standard InChI is InChI=1S/C24H24N2O3/c1-26(24(28)29-2)21-16-14-20(15-17-21)25-23(27)22-11-7-6-10-19(22)13-12-18-8-4-3-5-9-18/h3-11,14-17H,12-13H2,1-2H3,(H,25,27). The maximum atomic E-state index is 12.8. The van der Waals surface area contributed by atoms with Crippen LogP contribution < -0.4 is 10.2 Å². The molecule has 3 aromatic carbocycles. The summed E-state index contributed by atoms with van der Waals surface area (Å²) in [6, 6.07) is 24.9. The maximum Gasteiger partial charge on any atom is 0.413 e. The van der Waals surface area contributed by atoms with Gasteiger partial charge in [0, 0.05) is 24.0 Å². The predicted octanol–water partition coefficient (Wildman–Crippen LogP) is 4.93. The van der Waals surface area contributed by atoms with Crippen molar-refractivity contribution in [3.8, 4) is 0 Å². The molecule has 3 aromatic rings. The van der Waals surface area contributed by atoms with Crippen LogP contribution in [-0.4, -0.2) is 26.2 Å². The molecule has 0 unspecified atom stereocenters. The average molecular weight is 388 g/mol. The van der Waals surface area contributed by atoms with Crippen LogP contribution in [0.2, 0.25) is 0 Å². The van der Waals surface area contributed by atoms with Crippen LogP contribution in [0.3, 0.4) is 0 Å². The van der Waals surface area contributed by atoms with E-state index in [1.165, 1.54) is 17.6 Å². The molecule has 0 saturated heterocycles. The van der Waals surface area contributed by atoms with Crippen molar-refractivity contribution >= 4 is 23.4 Å². The first-order chi connectivity index (χ1) is 14.1. The minimum Gasteiger partial charge on any atom is -0.452 e. The number of aryl methyl sites for hydroxylation is 2. The summed E-state index contributed by atoms with van der Waals surface area (Å²) < 4.78 is 4.70. The number of hydrogen-bond donors (Lipinski definition) is 1. The molecule has 0 fully saturated rings. The minimum absolute atomic E-state index is 0.150. The highest BCUT2D eigenvalue weighted by molar-refractivity contribution is 6.05. The molecule has 0 aliphatic carbocycles. The fourth-order valence-corrected chi connectivity index (χ4v) is 3.09. The van der Waals surface area contributed by atoms with E-state index in [1.807, 2.05) is 42.5 Å². The Balaban J connectivity index is 1.68. The lowest BCUT2D eigenvalue weighted by molar-refractivity contribution is 0.102. The third-order valence-electron chi connectivity index (χ3n) is 4.75. The number of rotatable bonds is 6. The van der Waals surface area contributed by atoms with Crippen molar-refractivity contribution in [2.45, 2.75) is 12.8 Å². The Labute approximate surface area is 170 Å². The first-order valence-corrected chi connectivity index (χ1v) is 9.43. The number of nitrogens with zero attached hydrogens (tertiary/aromatic N) is 1. The van der Waals surface area contributed by atoms with Gasteiger partial charge in [-0.05, 0) is 54.3 Å². The van der Waals surface area contributed by atoms with Crippen LogP contribution in [0, 0.1) is 0 Å². The Morgan fingerprint density at radius 2 is 1.52 bits per heavy atom. The van der Waals surface area contributed by atoms with Crippen molar-refractivity contribution in [1.29, 1.82) is 0 Å². The summed E-state index contributed by atoms with van der Waals surface area (Å²) in [5, 5.41) is 2.93. The molecular formula is C24H24N2O3. The lowest BCUT2D eigenvalue weighted by Crippen LogP contribution is -2.25. The lowest BCUT2D eigenvalue weighted by Gasteiger charge is -2.16. The van der Waals surface area contributed by atoms with Gasteiger partial charge in [0.1, 0.15) is 0 Å². The van der Waals surface area contributed by atoms with Crippen LogP contribution in [0.15, 0.2) is 78.9 Å².